The number of ether oxygens (including phenoxy) is 1. The molecule has 0 saturated carbocycles. The minimum Gasteiger partial charge on any atom is -0.384 e. The highest BCUT2D eigenvalue weighted by Gasteiger charge is 2.04. The third-order valence-electron chi connectivity index (χ3n) is 1.60. The van der Waals surface area contributed by atoms with E-state index in [0.717, 1.165) is 29.5 Å². The van der Waals surface area contributed by atoms with E-state index in [2.05, 4.69) is 17.6 Å². The molecule has 0 radical (unpaired) electrons. The Kier molecular flexibility index (Phi) is 4.05. The summed E-state index contributed by atoms with van der Waals surface area (Å²) < 4.78 is 4.98. The highest BCUT2D eigenvalue weighted by Crippen LogP contribution is 2.19. The normalized spacial score (nSPS) is 10.6. The van der Waals surface area contributed by atoms with Crippen LogP contribution in [0.15, 0.2) is 0 Å². The lowest BCUT2D eigenvalue weighted by Gasteiger charge is -1.92. The molecule has 68 valence electrons. The van der Waals surface area contributed by atoms with Crippen molar-refractivity contribution in [2.75, 3.05) is 13.7 Å². The summed E-state index contributed by atoms with van der Waals surface area (Å²) in [6.07, 6.45) is 0.912. The molecule has 12 heavy (non-hydrogen) atoms. The van der Waals surface area contributed by atoms with Gasteiger partial charge in [-0.1, -0.05) is 0 Å². The average Bonchev–Trinajstić information content (AvgIpc) is 2.43. The molecule has 0 unspecified atom stereocenters. The summed E-state index contributed by atoms with van der Waals surface area (Å²) in [4.78, 5) is 5.68. The minimum atomic E-state index is 0.749. The Morgan fingerprint density at radius 1 is 1.58 bits per heavy atom. The number of aromatic nitrogens is 1. The molecule has 0 bridgehead atoms. The molecule has 1 aromatic rings. The Balaban J connectivity index is 2.62. The molecular formula is C8H13NOS2. The van der Waals surface area contributed by atoms with Gasteiger partial charge in [-0.3, -0.25) is 0 Å². The van der Waals surface area contributed by atoms with Crippen LogP contribution in [0.5, 0.6) is 0 Å². The number of methoxy groups -OCH3 is 1. The van der Waals surface area contributed by atoms with E-state index < -0.39 is 0 Å². The molecule has 1 aromatic heterocycles. The summed E-state index contributed by atoms with van der Waals surface area (Å²) in [7, 11) is 1.71. The third-order valence-corrected chi connectivity index (χ3v) is 3.35. The van der Waals surface area contributed by atoms with Crippen LogP contribution in [-0.2, 0) is 16.9 Å². The molecule has 0 aliphatic rings. The Morgan fingerprint density at radius 2 is 2.33 bits per heavy atom. The first-order valence-electron chi connectivity index (χ1n) is 3.83. The van der Waals surface area contributed by atoms with E-state index in [1.54, 1.807) is 18.4 Å². The predicted octanol–water partition coefficient (Wildman–Crippen LogP) is 2.07. The molecule has 1 heterocycles. The van der Waals surface area contributed by atoms with Gasteiger partial charge in [0.05, 0.1) is 17.3 Å². The lowest BCUT2D eigenvalue weighted by molar-refractivity contribution is 0.202. The Hall–Kier alpha value is -0.0600. The molecule has 0 spiro atoms. The van der Waals surface area contributed by atoms with Crippen LogP contribution in [-0.4, -0.2) is 18.7 Å². The Bertz CT molecular complexity index is 247. The zero-order valence-electron chi connectivity index (χ0n) is 7.33. The largest absolute Gasteiger partial charge is 0.384 e. The molecule has 0 fully saturated rings. The maximum atomic E-state index is 4.98. The predicted molar refractivity (Wildman–Crippen MR) is 55.1 cm³/mol. The van der Waals surface area contributed by atoms with E-state index in [4.69, 9.17) is 4.74 Å². The maximum Gasteiger partial charge on any atom is 0.0954 e. The van der Waals surface area contributed by atoms with Crippen LogP contribution in [0.2, 0.25) is 0 Å². The average molecular weight is 203 g/mol. The van der Waals surface area contributed by atoms with Crippen LogP contribution in [0.4, 0.5) is 0 Å². The summed E-state index contributed by atoms with van der Waals surface area (Å²) in [6.45, 7) is 2.78. The molecule has 0 atom stereocenters. The van der Waals surface area contributed by atoms with E-state index in [-0.39, 0.29) is 0 Å². The number of rotatable bonds is 4. The molecule has 4 heteroatoms. The first kappa shape index (κ1) is 10.0. The van der Waals surface area contributed by atoms with Crippen LogP contribution >= 0.6 is 24.0 Å². The number of hydrogen-bond acceptors (Lipinski definition) is 4. The van der Waals surface area contributed by atoms with Gasteiger partial charge in [-0.15, -0.1) is 11.3 Å². The van der Waals surface area contributed by atoms with Gasteiger partial charge in [-0.2, -0.15) is 12.6 Å². The van der Waals surface area contributed by atoms with Crippen LogP contribution < -0.4 is 0 Å². The fourth-order valence-electron chi connectivity index (χ4n) is 0.931. The molecule has 0 amide bonds. The van der Waals surface area contributed by atoms with Crippen LogP contribution in [0.1, 0.15) is 15.6 Å². The van der Waals surface area contributed by atoms with E-state index in [0.29, 0.717) is 0 Å². The van der Waals surface area contributed by atoms with Crippen molar-refractivity contribution in [1.82, 2.24) is 4.98 Å². The van der Waals surface area contributed by atoms with E-state index in [9.17, 15) is 0 Å². The van der Waals surface area contributed by atoms with Gasteiger partial charge >= 0.3 is 0 Å². The molecule has 0 aliphatic heterocycles. The van der Waals surface area contributed by atoms with Crippen molar-refractivity contribution in [3.63, 3.8) is 0 Å². The van der Waals surface area contributed by atoms with Gasteiger partial charge < -0.3 is 4.74 Å². The summed E-state index contributed by atoms with van der Waals surface area (Å²) in [5.41, 5.74) is 1.11. The number of thiol groups is 1. The molecule has 2 nitrogen and oxygen atoms in total. The van der Waals surface area contributed by atoms with Gasteiger partial charge in [0, 0.05) is 24.2 Å². The Labute approximate surface area is 82.4 Å². The highest BCUT2D eigenvalue weighted by atomic mass is 32.1. The summed E-state index contributed by atoms with van der Waals surface area (Å²) >= 11 is 5.96. The summed E-state index contributed by atoms with van der Waals surface area (Å²) in [5, 5.41) is 1.15. The highest BCUT2D eigenvalue weighted by molar-refractivity contribution is 7.79. The van der Waals surface area contributed by atoms with Crippen LogP contribution in [0, 0.1) is 6.92 Å². The van der Waals surface area contributed by atoms with Crippen molar-refractivity contribution >= 4 is 24.0 Å². The van der Waals surface area contributed by atoms with Gasteiger partial charge in [-0.25, -0.2) is 4.98 Å². The van der Waals surface area contributed by atoms with Gasteiger partial charge in [0.1, 0.15) is 0 Å². The molecule has 0 aromatic carbocycles. The van der Waals surface area contributed by atoms with Crippen LogP contribution in [0.25, 0.3) is 0 Å². The first-order valence-corrected chi connectivity index (χ1v) is 5.27. The third kappa shape index (κ3) is 2.47. The topological polar surface area (TPSA) is 22.1 Å². The Morgan fingerprint density at radius 3 is 2.83 bits per heavy atom. The van der Waals surface area contributed by atoms with Gasteiger partial charge in [-0.05, 0) is 6.92 Å². The fourth-order valence-corrected chi connectivity index (χ4v) is 2.26. The summed E-state index contributed by atoms with van der Waals surface area (Å²) in [5.74, 6) is 0.788. The van der Waals surface area contributed by atoms with Crippen molar-refractivity contribution < 1.29 is 4.74 Å². The van der Waals surface area contributed by atoms with Crippen molar-refractivity contribution in [2.24, 2.45) is 0 Å². The van der Waals surface area contributed by atoms with Crippen molar-refractivity contribution in [3.8, 4) is 0 Å². The quantitative estimate of drug-likeness (QED) is 0.757. The van der Waals surface area contributed by atoms with Gasteiger partial charge in [0.25, 0.3) is 0 Å². The summed E-state index contributed by atoms with van der Waals surface area (Å²) in [6, 6.07) is 0. The van der Waals surface area contributed by atoms with E-state index in [1.807, 2.05) is 6.92 Å². The molecule has 0 aliphatic carbocycles. The SMILES string of the molecule is COCCc1nc(C)c(CS)s1. The zero-order valence-corrected chi connectivity index (χ0v) is 9.04. The second-order valence-electron chi connectivity index (χ2n) is 2.52. The lowest BCUT2D eigenvalue weighted by atomic mass is 10.4. The van der Waals surface area contributed by atoms with E-state index >= 15 is 0 Å². The number of aryl methyl sites for hydroxylation is 1. The van der Waals surface area contributed by atoms with Crippen molar-refractivity contribution in [3.05, 3.63) is 15.6 Å². The minimum absolute atomic E-state index is 0.749. The number of nitrogens with zero attached hydrogens (tertiary/aromatic N) is 1. The van der Waals surface area contributed by atoms with Gasteiger partial charge in [0.2, 0.25) is 0 Å². The number of hydrogen-bond donors (Lipinski definition) is 1. The smallest absolute Gasteiger partial charge is 0.0954 e. The molecule has 0 saturated heterocycles. The zero-order chi connectivity index (χ0) is 8.97. The lowest BCUT2D eigenvalue weighted by Crippen LogP contribution is -1.93. The number of thiazole rings is 1. The molecular weight excluding hydrogens is 190 g/mol. The standard InChI is InChI=1S/C8H13NOS2/c1-6-7(5-11)12-8(9-6)3-4-10-2/h11H,3-5H2,1-2H3. The second-order valence-corrected chi connectivity index (χ2v) is 4.00. The van der Waals surface area contributed by atoms with Crippen LogP contribution in [0.3, 0.4) is 0 Å². The molecule has 1 rings (SSSR count). The maximum absolute atomic E-state index is 4.98. The molecule has 0 N–H and O–H groups in total. The van der Waals surface area contributed by atoms with Crippen molar-refractivity contribution in [2.45, 2.75) is 19.1 Å². The van der Waals surface area contributed by atoms with Gasteiger partial charge in [0.15, 0.2) is 0 Å². The first-order chi connectivity index (χ1) is 5.77. The monoisotopic (exact) mass is 203 g/mol. The fraction of sp³-hybridized carbons (Fsp3) is 0.625. The van der Waals surface area contributed by atoms with E-state index in [1.165, 1.54) is 4.88 Å². The van der Waals surface area contributed by atoms with Crippen molar-refractivity contribution in [1.29, 1.82) is 0 Å². The second kappa shape index (κ2) is 4.84.